The van der Waals surface area contributed by atoms with Crippen molar-refractivity contribution >= 4 is 11.3 Å². The van der Waals surface area contributed by atoms with Crippen molar-refractivity contribution in [1.82, 2.24) is 15.5 Å². The van der Waals surface area contributed by atoms with Gasteiger partial charge in [0.1, 0.15) is 10.0 Å². The molecule has 0 bridgehead atoms. The molecular formula is C15H21N3OS. The highest BCUT2D eigenvalue weighted by atomic mass is 32.1. The van der Waals surface area contributed by atoms with Gasteiger partial charge in [0.25, 0.3) is 0 Å². The average Bonchev–Trinajstić information content (AvgIpc) is 2.94. The second-order valence-corrected chi connectivity index (χ2v) is 5.56. The quantitative estimate of drug-likeness (QED) is 0.760. The molecule has 1 N–H and O–H groups in total. The molecule has 0 saturated heterocycles. The van der Waals surface area contributed by atoms with Crippen LogP contribution in [0.4, 0.5) is 0 Å². The van der Waals surface area contributed by atoms with Crippen molar-refractivity contribution in [3.63, 3.8) is 0 Å². The molecule has 1 unspecified atom stereocenters. The lowest BCUT2D eigenvalue weighted by molar-refractivity contribution is 0.145. The van der Waals surface area contributed by atoms with Gasteiger partial charge in [-0.1, -0.05) is 41.7 Å². The molecule has 1 heterocycles. The number of ether oxygens (including phenoxy) is 1. The average molecular weight is 291 g/mol. The molecule has 0 saturated carbocycles. The third-order valence-electron chi connectivity index (χ3n) is 3.03. The highest BCUT2D eigenvalue weighted by Gasteiger charge is 2.16. The number of benzene rings is 1. The van der Waals surface area contributed by atoms with Crippen LogP contribution in [-0.4, -0.2) is 30.5 Å². The smallest absolute Gasteiger partial charge is 0.139 e. The lowest BCUT2D eigenvalue weighted by atomic mass is 10.1. The predicted octanol–water partition coefficient (Wildman–Crippen LogP) is 2.82. The molecule has 0 amide bonds. The van der Waals surface area contributed by atoms with Crippen molar-refractivity contribution in [3.8, 4) is 0 Å². The first-order chi connectivity index (χ1) is 9.85. The van der Waals surface area contributed by atoms with Crippen LogP contribution < -0.4 is 5.32 Å². The maximum atomic E-state index is 5.34. The first-order valence-corrected chi connectivity index (χ1v) is 7.79. The molecule has 1 atom stereocenters. The molecule has 0 spiro atoms. The van der Waals surface area contributed by atoms with Crippen LogP contribution in [0.15, 0.2) is 30.3 Å². The Bertz CT molecular complexity index is 501. The van der Waals surface area contributed by atoms with Gasteiger partial charge in [0.2, 0.25) is 0 Å². The van der Waals surface area contributed by atoms with Crippen LogP contribution in [0, 0.1) is 0 Å². The SMILES string of the molecule is CCOCCCc1nnc(C(NC)c2ccccc2)s1. The fourth-order valence-electron chi connectivity index (χ4n) is 2.03. The van der Waals surface area contributed by atoms with Gasteiger partial charge in [0.15, 0.2) is 0 Å². The molecule has 4 nitrogen and oxygen atoms in total. The van der Waals surface area contributed by atoms with Gasteiger partial charge < -0.3 is 10.1 Å². The van der Waals surface area contributed by atoms with E-state index < -0.39 is 0 Å². The van der Waals surface area contributed by atoms with Crippen molar-refractivity contribution in [2.45, 2.75) is 25.8 Å². The van der Waals surface area contributed by atoms with E-state index in [0.29, 0.717) is 0 Å². The van der Waals surface area contributed by atoms with Crippen LogP contribution in [0.1, 0.15) is 35.0 Å². The number of aromatic nitrogens is 2. The summed E-state index contributed by atoms with van der Waals surface area (Å²) in [6.45, 7) is 3.58. The zero-order chi connectivity index (χ0) is 14.2. The molecule has 1 aromatic carbocycles. The highest BCUT2D eigenvalue weighted by Crippen LogP contribution is 2.24. The van der Waals surface area contributed by atoms with Crippen LogP contribution in [0.25, 0.3) is 0 Å². The van der Waals surface area contributed by atoms with Crippen LogP contribution >= 0.6 is 11.3 Å². The van der Waals surface area contributed by atoms with Crippen LogP contribution in [0.2, 0.25) is 0 Å². The van der Waals surface area contributed by atoms with Crippen LogP contribution in [0.3, 0.4) is 0 Å². The lowest BCUT2D eigenvalue weighted by Gasteiger charge is -2.12. The highest BCUT2D eigenvalue weighted by molar-refractivity contribution is 7.11. The lowest BCUT2D eigenvalue weighted by Crippen LogP contribution is -2.17. The van der Waals surface area contributed by atoms with E-state index in [-0.39, 0.29) is 6.04 Å². The molecule has 0 aliphatic carbocycles. The van der Waals surface area contributed by atoms with E-state index in [1.165, 1.54) is 5.56 Å². The number of rotatable bonds is 8. The Kier molecular flexibility index (Phi) is 6.11. The van der Waals surface area contributed by atoms with Gasteiger partial charge in [-0.05, 0) is 26.0 Å². The zero-order valence-electron chi connectivity index (χ0n) is 12.0. The van der Waals surface area contributed by atoms with Crippen molar-refractivity contribution in [2.24, 2.45) is 0 Å². The van der Waals surface area contributed by atoms with Crippen molar-refractivity contribution in [1.29, 1.82) is 0 Å². The first-order valence-electron chi connectivity index (χ1n) is 6.97. The minimum Gasteiger partial charge on any atom is -0.382 e. The Hall–Kier alpha value is -1.30. The first kappa shape index (κ1) is 15.1. The Balaban J connectivity index is 1.99. The van der Waals surface area contributed by atoms with E-state index in [0.717, 1.165) is 36.1 Å². The molecule has 5 heteroatoms. The maximum absolute atomic E-state index is 5.34. The molecule has 2 aromatic rings. The van der Waals surface area contributed by atoms with Gasteiger partial charge in [0, 0.05) is 19.6 Å². The summed E-state index contributed by atoms with van der Waals surface area (Å²) in [5.74, 6) is 0. The zero-order valence-corrected chi connectivity index (χ0v) is 12.8. The maximum Gasteiger partial charge on any atom is 0.139 e. The van der Waals surface area contributed by atoms with E-state index in [1.54, 1.807) is 11.3 Å². The van der Waals surface area contributed by atoms with Gasteiger partial charge in [-0.2, -0.15) is 0 Å². The topological polar surface area (TPSA) is 47.0 Å². The molecule has 1 aromatic heterocycles. The predicted molar refractivity (Wildman–Crippen MR) is 82.1 cm³/mol. The van der Waals surface area contributed by atoms with Gasteiger partial charge >= 0.3 is 0 Å². The second kappa shape index (κ2) is 8.09. The Morgan fingerprint density at radius 3 is 2.75 bits per heavy atom. The van der Waals surface area contributed by atoms with E-state index in [1.807, 2.05) is 32.2 Å². The Morgan fingerprint density at radius 1 is 1.25 bits per heavy atom. The Morgan fingerprint density at radius 2 is 2.05 bits per heavy atom. The van der Waals surface area contributed by atoms with E-state index in [4.69, 9.17) is 4.74 Å². The normalized spacial score (nSPS) is 12.5. The number of hydrogen-bond acceptors (Lipinski definition) is 5. The second-order valence-electron chi connectivity index (χ2n) is 4.47. The molecule has 0 aliphatic heterocycles. The fourth-order valence-corrected chi connectivity index (χ4v) is 3.06. The van der Waals surface area contributed by atoms with Gasteiger partial charge in [0.05, 0.1) is 6.04 Å². The summed E-state index contributed by atoms with van der Waals surface area (Å²) in [6.07, 6.45) is 1.93. The number of hydrogen-bond donors (Lipinski definition) is 1. The molecular weight excluding hydrogens is 270 g/mol. The van der Waals surface area contributed by atoms with Crippen molar-refractivity contribution in [3.05, 3.63) is 45.9 Å². The number of aryl methyl sites for hydroxylation is 1. The molecule has 0 radical (unpaired) electrons. The summed E-state index contributed by atoms with van der Waals surface area (Å²) in [4.78, 5) is 0. The fraction of sp³-hybridized carbons (Fsp3) is 0.467. The van der Waals surface area contributed by atoms with E-state index in [9.17, 15) is 0 Å². The van der Waals surface area contributed by atoms with Crippen molar-refractivity contribution < 1.29 is 4.74 Å². The largest absolute Gasteiger partial charge is 0.382 e. The number of nitrogens with zero attached hydrogens (tertiary/aromatic N) is 2. The third-order valence-corrected chi connectivity index (χ3v) is 4.08. The number of nitrogens with one attached hydrogen (secondary N) is 1. The molecule has 2 rings (SSSR count). The van der Waals surface area contributed by atoms with Crippen LogP contribution in [-0.2, 0) is 11.2 Å². The minimum absolute atomic E-state index is 0.120. The summed E-state index contributed by atoms with van der Waals surface area (Å²) in [5.41, 5.74) is 1.21. The molecule has 20 heavy (non-hydrogen) atoms. The summed E-state index contributed by atoms with van der Waals surface area (Å²) >= 11 is 1.68. The molecule has 0 aliphatic rings. The van der Waals surface area contributed by atoms with Gasteiger partial charge in [-0.3, -0.25) is 0 Å². The monoisotopic (exact) mass is 291 g/mol. The molecule has 0 fully saturated rings. The summed E-state index contributed by atoms with van der Waals surface area (Å²) in [7, 11) is 1.95. The Labute approximate surface area is 124 Å². The van der Waals surface area contributed by atoms with E-state index >= 15 is 0 Å². The summed E-state index contributed by atoms with van der Waals surface area (Å²) < 4.78 is 5.34. The summed E-state index contributed by atoms with van der Waals surface area (Å²) in [6, 6.07) is 10.5. The molecule has 108 valence electrons. The van der Waals surface area contributed by atoms with Gasteiger partial charge in [-0.25, -0.2) is 0 Å². The third kappa shape index (κ3) is 4.10. The van der Waals surface area contributed by atoms with Crippen LogP contribution in [0.5, 0.6) is 0 Å². The summed E-state index contributed by atoms with van der Waals surface area (Å²) in [5, 5.41) is 14.0. The van der Waals surface area contributed by atoms with Gasteiger partial charge in [-0.15, -0.1) is 10.2 Å². The minimum atomic E-state index is 0.120. The van der Waals surface area contributed by atoms with E-state index in [2.05, 4.69) is 27.6 Å². The van der Waals surface area contributed by atoms with Crippen molar-refractivity contribution in [2.75, 3.05) is 20.3 Å². The standard InChI is InChI=1S/C15H21N3OS/c1-3-19-11-7-10-13-17-18-15(20-13)14(16-2)12-8-5-4-6-9-12/h4-6,8-9,14,16H,3,7,10-11H2,1-2H3.